The molecule has 0 aromatic carbocycles. The molecule has 1 atom stereocenters. The van der Waals surface area contributed by atoms with Crippen LogP contribution in [0.5, 0.6) is 0 Å². The Labute approximate surface area is 92.7 Å². The Morgan fingerprint density at radius 2 is 2.00 bits per heavy atom. The molecule has 1 aliphatic carbocycles. The van der Waals surface area contributed by atoms with E-state index >= 15 is 0 Å². The molecule has 0 heterocycles. The summed E-state index contributed by atoms with van der Waals surface area (Å²) in [6.45, 7) is 5.57. The molecule has 0 radical (unpaired) electrons. The summed E-state index contributed by atoms with van der Waals surface area (Å²) in [5.74, 6) is 0. The topological polar surface area (TPSA) is 47.7 Å². The highest BCUT2D eigenvalue weighted by Crippen LogP contribution is 2.33. The van der Waals surface area contributed by atoms with Crippen molar-refractivity contribution in [3.05, 3.63) is 0 Å². The second-order valence-corrected chi connectivity index (χ2v) is 4.63. The van der Waals surface area contributed by atoms with E-state index in [9.17, 15) is 0 Å². The molecule has 0 spiro atoms. The van der Waals surface area contributed by atoms with Gasteiger partial charge in [-0.15, -0.1) is 0 Å². The molecular formula is C11H24N2O2. The summed E-state index contributed by atoms with van der Waals surface area (Å²) in [5, 5.41) is 0. The minimum Gasteiger partial charge on any atom is -0.383 e. The molecule has 1 rings (SSSR count). The maximum absolute atomic E-state index is 6.13. The molecule has 0 aromatic heterocycles. The van der Waals surface area contributed by atoms with E-state index < -0.39 is 0 Å². The van der Waals surface area contributed by atoms with Crippen molar-refractivity contribution in [1.82, 2.24) is 4.90 Å². The normalized spacial score (nSPS) is 20.6. The SMILES string of the molecule is COCCN(CC1(N)CC1)C(C)COC. The van der Waals surface area contributed by atoms with Crippen LogP contribution in [-0.2, 0) is 9.47 Å². The van der Waals surface area contributed by atoms with Crippen LogP contribution < -0.4 is 5.73 Å². The molecule has 90 valence electrons. The predicted octanol–water partition coefficient (Wildman–Crippen LogP) is 0.461. The predicted molar refractivity (Wildman–Crippen MR) is 60.9 cm³/mol. The van der Waals surface area contributed by atoms with E-state index in [2.05, 4.69) is 11.8 Å². The first-order valence-corrected chi connectivity index (χ1v) is 5.62. The molecule has 0 bridgehead atoms. The van der Waals surface area contributed by atoms with Gasteiger partial charge >= 0.3 is 0 Å². The molecule has 4 nitrogen and oxygen atoms in total. The quantitative estimate of drug-likeness (QED) is 0.640. The zero-order valence-corrected chi connectivity index (χ0v) is 10.2. The van der Waals surface area contributed by atoms with Gasteiger partial charge in [-0.3, -0.25) is 4.90 Å². The van der Waals surface area contributed by atoms with E-state index in [0.717, 1.165) is 39.1 Å². The van der Waals surface area contributed by atoms with Gasteiger partial charge in [0.15, 0.2) is 0 Å². The molecule has 1 saturated carbocycles. The Morgan fingerprint density at radius 3 is 2.47 bits per heavy atom. The zero-order valence-electron chi connectivity index (χ0n) is 10.2. The lowest BCUT2D eigenvalue weighted by Gasteiger charge is -2.30. The first kappa shape index (κ1) is 12.9. The summed E-state index contributed by atoms with van der Waals surface area (Å²) in [7, 11) is 3.47. The third-order valence-electron chi connectivity index (χ3n) is 3.02. The number of ether oxygens (including phenoxy) is 2. The number of nitrogens with zero attached hydrogens (tertiary/aromatic N) is 1. The van der Waals surface area contributed by atoms with Crippen molar-refractivity contribution < 1.29 is 9.47 Å². The summed E-state index contributed by atoms with van der Waals surface area (Å²) in [6.07, 6.45) is 2.30. The molecule has 4 heteroatoms. The van der Waals surface area contributed by atoms with E-state index in [1.54, 1.807) is 14.2 Å². The third kappa shape index (κ3) is 4.47. The van der Waals surface area contributed by atoms with Gasteiger partial charge in [-0.1, -0.05) is 0 Å². The number of methoxy groups -OCH3 is 2. The minimum absolute atomic E-state index is 0.0652. The molecular weight excluding hydrogens is 192 g/mol. The van der Waals surface area contributed by atoms with Crippen molar-refractivity contribution in [3.63, 3.8) is 0 Å². The largest absolute Gasteiger partial charge is 0.383 e. The van der Waals surface area contributed by atoms with Crippen LogP contribution in [0.25, 0.3) is 0 Å². The maximum Gasteiger partial charge on any atom is 0.0615 e. The van der Waals surface area contributed by atoms with Gasteiger partial charge in [0.1, 0.15) is 0 Å². The van der Waals surface area contributed by atoms with Crippen LogP contribution in [-0.4, -0.2) is 57.0 Å². The van der Waals surface area contributed by atoms with Gasteiger partial charge in [0.05, 0.1) is 13.2 Å². The Balaban J connectivity index is 2.36. The van der Waals surface area contributed by atoms with E-state index in [-0.39, 0.29) is 5.54 Å². The fraction of sp³-hybridized carbons (Fsp3) is 1.00. The van der Waals surface area contributed by atoms with Gasteiger partial charge in [0, 0.05) is 38.9 Å². The summed E-state index contributed by atoms with van der Waals surface area (Å²) >= 11 is 0. The van der Waals surface area contributed by atoms with Gasteiger partial charge in [-0.25, -0.2) is 0 Å². The lowest BCUT2D eigenvalue weighted by atomic mass is 10.2. The number of hydrogen-bond acceptors (Lipinski definition) is 4. The standard InChI is InChI=1S/C11H24N2O2/c1-10(8-15-3)13(6-7-14-2)9-11(12)4-5-11/h10H,4-9,12H2,1-3H3. The highest BCUT2D eigenvalue weighted by Gasteiger charge is 2.40. The first-order valence-electron chi connectivity index (χ1n) is 5.62. The van der Waals surface area contributed by atoms with Gasteiger partial charge in [-0.2, -0.15) is 0 Å². The molecule has 1 unspecified atom stereocenters. The minimum atomic E-state index is 0.0652. The Morgan fingerprint density at radius 1 is 1.33 bits per heavy atom. The van der Waals surface area contributed by atoms with Crippen LogP contribution in [0, 0.1) is 0 Å². The number of hydrogen-bond donors (Lipinski definition) is 1. The lowest BCUT2D eigenvalue weighted by molar-refractivity contribution is 0.0697. The Hall–Kier alpha value is -0.160. The van der Waals surface area contributed by atoms with Gasteiger partial charge in [-0.05, 0) is 19.8 Å². The van der Waals surface area contributed by atoms with Gasteiger partial charge < -0.3 is 15.2 Å². The average molecular weight is 216 g/mol. The molecule has 1 fully saturated rings. The highest BCUT2D eigenvalue weighted by atomic mass is 16.5. The molecule has 15 heavy (non-hydrogen) atoms. The van der Waals surface area contributed by atoms with Crippen LogP contribution in [0.2, 0.25) is 0 Å². The first-order chi connectivity index (χ1) is 7.11. The number of nitrogens with two attached hydrogens (primary N) is 1. The fourth-order valence-electron chi connectivity index (χ4n) is 1.73. The van der Waals surface area contributed by atoms with E-state index in [1.807, 2.05) is 0 Å². The monoisotopic (exact) mass is 216 g/mol. The second kappa shape index (κ2) is 5.80. The van der Waals surface area contributed by atoms with Crippen molar-refractivity contribution in [2.75, 3.05) is 40.5 Å². The summed E-state index contributed by atoms with van der Waals surface area (Å²) < 4.78 is 10.3. The summed E-state index contributed by atoms with van der Waals surface area (Å²) in [4.78, 5) is 2.36. The maximum atomic E-state index is 6.13. The fourth-order valence-corrected chi connectivity index (χ4v) is 1.73. The van der Waals surface area contributed by atoms with Gasteiger partial charge in [0.25, 0.3) is 0 Å². The highest BCUT2D eigenvalue weighted by molar-refractivity contribution is 5.01. The molecule has 0 amide bonds. The van der Waals surface area contributed by atoms with Crippen molar-refractivity contribution in [2.24, 2.45) is 5.73 Å². The molecule has 1 aliphatic rings. The van der Waals surface area contributed by atoms with Crippen molar-refractivity contribution in [1.29, 1.82) is 0 Å². The second-order valence-electron chi connectivity index (χ2n) is 4.63. The molecule has 2 N–H and O–H groups in total. The Bertz CT molecular complexity index is 183. The molecule has 0 saturated heterocycles. The third-order valence-corrected chi connectivity index (χ3v) is 3.02. The zero-order chi connectivity index (χ0) is 11.3. The van der Waals surface area contributed by atoms with Gasteiger partial charge in [0.2, 0.25) is 0 Å². The van der Waals surface area contributed by atoms with Crippen molar-refractivity contribution in [3.8, 4) is 0 Å². The molecule has 0 aromatic rings. The number of rotatable bonds is 8. The smallest absolute Gasteiger partial charge is 0.0615 e. The lowest BCUT2D eigenvalue weighted by Crippen LogP contribution is -2.46. The average Bonchev–Trinajstić information content (AvgIpc) is 2.91. The van der Waals surface area contributed by atoms with Crippen molar-refractivity contribution in [2.45, 2.75) is 31.3 Å². The molecule has 0 aliphatic heterocycles. The van der Waals surface area contributed by atoms with Crippen LogP contribution in [0.15, 0.2) is 0 Å². The summed E-state index contributed by atoms with van der Waals surface area (Å²) in [6, 6.07) is 0.408. The van der Waals surface area contributed by atoms with Crippen LogP contribution in [0.3, 0.4) is 0 Å². The van der Waals surface area contributed by atoms with Crippen molar-refractivity contribution >= 4 is 0 Å². The van der Waals surface area contributed by atoms with E-state index in [0.29, 0.717) is 6.04 Å². The van der Waals surface area contributed by atoms with E-state index in [4.69, 9.17) is 15.2 Å². The van der Waals surface area contributed by atoms with Crippen LogP contribution in [0.4, 0.5) is 0 Å². The van der Waals surface area contributed by atoms with E-state index in [1.165, 1.54) is 0 Å². The summed E-state index contributed by atoms with van der Waals surface area (Å²) in [5.41, 5.74) is 6.20. The van der Waals surface area contributed by atoms with Crippen LogP contribution in [0.1, 0.15) is 19.8 Å². The van der Waals surface area contributed by atoms with Crippen LogP contribution >= 0.6 is 0 Å². The Kier molecular flexibility index (Phi) is 4.99.